The van der Waals surface area contributed by atoms with E-state index >= 15 is 0 Å². The van der Waals surface area contributed by atoms with E-state index in [2.05, 4.69) is 5.32 Å². The number of carbonyl (C=O) groups excluding carboxylic acids is 2. The molecule has 6 nitrogen and oxygen atoms in total. The van der Waals surface area contributed by atoms with Gasteiger partial charge in [0.2, 0.25) is 5.91 Å². The van der Waals surface area contributed by atoms with Gasteiger partial charge in [-0.05, 0) is 79.1 Å². The van der Waals surface area contributed by atoms with E-state index in [0.29, 0.717) is 63.4 Å². The fraction of sp³-hybridized carbons (Fsp3) is 0.200. The van der Waals surface area contributed by atoms with Gasteiger partial charge in [0.25, 0.3) is 5.91 Å². The Labute approximate surface area is 246 Å². The summed E-state index contributed by atoms with van der Waals surface area (Å²) >= 11 is 18.8. The van der Waals surface area contributed by atoms with Crippen molar-refractivity contribution >= 4 is 46.6 Å². The van der Waals surface area contributed by atoms with Crippen molar-refractivity contribution in [2.75, 3.05) is 13.1 Å². The molecule has 206 valence electrons. The Morgan fingerprint density at radius 3 is 2.27 bits per heavy atom. The first-order valence-corrected chi connectivity index (χ1v) is 13.8. The van der Waals surface area contributed by atoms with Gasteiger partial charge in [0, 0.05) is 47.1 Å². The summed E-state index contributed by atoms with van der Waals surface area (Å²) in [5.74, 6) is -1.02. The third-order valence-corrected chi connectivity index (χ3v) is 8.07. The molecule has 40 heavy (non-hydrogen) atoms. The largest absolute Gasteiger partial charge is 0.368 e. The Morgan fingerprint density at radius 2 is 1.62 bits per heavy atom. The summed E-state index contributed by atoms with van der Waals surface area (Å²) in [4.78, 5) is 27.9. The van der Waals surface area contributed by atoms with Crippen LogP contribution in [0.1, 0.15) is 28.8 Å². The minimum absolute atomic E-state index is 0.178. The van der Waals surface area contributed by atoms with Crippen molar-refractivity contribution < 1.29 is 14.0 Å². The molecule has 1 saturated heterocycles. The number of likely N-dealkylation sites (tertiary alicyclic amines) is 1. The predicted molar refractivity (Wildman–Crippen MR) is 157 cm³/mol. The number of benzene rings is 3. The Bertz CT molecular complexity index is 1560. The summed E-state index contributed by atoms with van der Waals surface area (Å²) in [5, 5.41) is 4.78. The number of carbonyl (C=O) groups is 2. The van der Waals surface area contributed by atoms with E-state index in [4.69, 9.17) is 40.5 Å². The maximum atomic E-state index is 13.7. The first-order valence-electron chi connectivity index (χ1n) is 12.7. The summed E-state index contributed by atoms with van der Waals surface area (Å²) in [6.07, 6.45) is 2.43. The molecule has 2 heterocycles. The van der Waals surface area contributed by atoms with Crippen LogP contribution in [-0.2, 0) is 11.3 Å². The van der Waals surface area contributed by atoms with Crippen molar-refractivity contribution in [2.24, 2.45) is 5.73 Å². The maximum Gasteiger partial charge on any atom is 0.255 e. The molecule has 2 amide bonds. The van der Waals surface area contributed by atoms with Crippen LogP contribution in [0.15, 0.2) is 79.0 Å². The van der Waals surface area contributed by atoms with Crippen LogP contribution in [0.2, 0.25) is 15.1 Å². The van der Waals surface area contributed by atoms with Crippen LogP contribution >= 0.6 is 34.8 Å². The average molecular weight is 600 g/mol. The number of piperidine rings is 1. The molecule has 0 radical (unpaired) electrons. The molecule has 0 atom stereocenters. The smallest absolute Gasteiger partial charge is 0.255 e. The molecular weight excluding hydrogens is 574 g/mol. The lowest BCUT2D eigenvalue weighted by molar-refractivity contribution is -0.126. The molecule has 1 aliphatic rings. The topological polar surface area (TPSA) is 80.4 Å². The quantitative estimate of drug-likeness (QED) is 0.255. The SMILES string of the molecule is NC(=O)C1(NCc2cccc(F)c2)CCN(C(=O)c2cc(-c3ccc(Cl)cc3Cl)n(-c3ccc(Cl)cc3)c2)CC1. The van der Waals surface area contributed by atoms with Crippen LogP contribution in [0.5, 0.6) is 0 Å². The lowest BCUT2D eigenvalue weighted by Gasteiger charge is -2.40. The maximum absolute atomic E-state index is 13.7. The summed E-state index contributed by atoms with van der Waals surface area (Å²) < 4.78 is 15.5. The second-order valence-corrected chi connectivity index (χ2v) is 11.1. The lowest BCUT2D eigenvalue weighted by Crippen LogP contribution is -2.61. The van der Waals surface area contributed by atoms with E-state index in [1.54, 1.807) is 53.6 Å². The van der Waals surface area contributed by atoms with Crippen molar-refractivity contribution in [3.05, 3.63) is 111 Å². The van der Waals surface area contributed by atoms with Gasteiger partial charge in [0.05, 0.1) is 16.3 Å². The molecule has 10 heteroatoms. The fourth-order valence-electron chi connectivity index (χ4n) is 5.00. The number of rotatable bonds is 7. The molecule has 0 bridgehead atoms. The Hall–Kier alpha value is -3.36. The van der Waals surface area contributed by atoms with Gasteiger partial charge in [-0.3, -0.25) is 14.9 Å². The van der Waals surface area contributed by atoms with Crippen LogP contribution in [0.25, 0.3) is 16.9 Å². The van der Waals surface area contributed by atoms with Crippen molar-refractivity contribution in [2.45, 2.75) is 24.9 Å². The first kappa shape index (κ1) is 28.2. The van der Waals surface area contributed by atoms with E-state index in [-0.39, 0.29) is 18.3 Å². The zero-order valence-corrected chi connectivity index (χ0v) is 23.6. The minimum atomic E-state index is -1.000. The molecular formula is C30H26Cl3FN4O2. The number of hydrogen-bond donors (Lipinski definition) is 2. The van der Waals surface area contributed by atoms with Gasteiger partial charge < -0.3 is 15.2 Å². The third-order valence-electron chi connectivity index (χ3n) is 7.27. The molecule has 1 aromatic heterocycles. The molecule has 4 aromatic rings. The second-order valence-electron chi connectivity index (χ2n) is 9.81. The molecule has 5 rings (SSSR count). The predicted octanol–water partition coefficient (Wildman–Crippen LogP) is 6.49. The minimum Gasteiger partial charge on any atom is -0.368 e. The number of nitrogens with one attached hydrogen (secondary N) is 1. The van der Waals surface area contributed by atoms with Gasteiger partial charge in [-0.1, -0.05) is 46.9 Å². The van der Waals surface area contributed by atoms with E-state index in [0.717, 1.165) is 5.69 Å². The number of primary amides is 1. The van der Waals surface area contributed by atoms with Gasteiger partial charge in [0.1, 0.15) is 11.4 Å². The summed E-state index contributed by atoms with van der Waals surface area (Å²) in [6.45, 7) is 0.923. The van der Waals surface area contributed by atoms with Crippen LogP contribution < -0.4 is 11.1 Å². The first-order chi connectivity index (χ1) is 19.1. The van der Waals surface area contributed by atoms with Gasteiger partial charge in [-0.15, -0.1) is 0 Å². The Balaban J connectivity index is 1.39. The highest BCUT2D eigenvalue weighted by Crippen LogP contribution is 2.34. The highest BCUT2D eigenvalue weighted by atomic mass is 35.5. The molecule has 0 unspecified atom stereocenters. The third kappa shape index (κ3) is 5.88. The number of nitrogens with two attached hydrogens (primary N) is 1. The van der Waals surface area contributed by atoms with Crippen LogP contribution in [-0.4, -0.2) is 39.9 Å². The zero-order valence-electron chi connectivity index (χ0n) is 21.3. The average Bonchev–Trinajstić information content (AvgIpc) is 3.37. The Kier molecular flexibility index (Phi) is 8.19. The van der Waals surface area contributed by atoms with Crippen molar-refractivity contribution in [1.29, 1.82) is 0 Å². The second kappa shape index (κ2) is 11.6. The molecule has 3 aromatic carbocycles. The monoisotopic (exact) mass is 598 g/mol. The fourth-order valence-corrected chi connectivity index (χ4v) is 5.63. The van der Waals surface area contributed by atoms with Crippen molar-refractivity contribution in [3.8, 4) is 16.9 Å². The van der Waals surface area contributed by atoms with E-state index in [1.807, 2.05) is 22.8 Å². The van der Waals surface area contributed by atoms with Crippen molar-refractivity contribution in [3.63, 3.8) is 0 Å². The number of amides is 2. The van der Waals surface area contributed by atoms with E-state index in [1.165, 1.54) is 12.1 Å². The standard InChI is InChI=1S/C30H26Cl3FN4O2/c31-21-4-7-24(8-5-21)38-18-20(15-27(38)25-9-6-22(32)16-26(25)33)28(39)37-12-10-30(11-13-37,29(35)40)36-17-19-2-1-3-23(34)14-19/h1-9,14-16,18,36H,10-13,17H2,(H2,35,40). The number of hydrogen-bond acceptors (Lipinski definition) is 3. The Morgan fingerprint density at radius 1 is 0.925 bits per heavy atom. The van der Waals surface area contributed by atoms with Gasteiger partial charge in [-0.2, -0.15) is 0 Å². The molecule has 0 saturated carbocycles. The zero-order chi connectivity index (χ0) is 28.4. The van der Waals surface area contributed by atoms with Gasteiger partial charge >= 0.3 is 0 Å². The van der Waals surface area contributed by atoms with Crippen LogP contribution in [0.4, 0.5) is 4.39 Å². The van der Waals surface area contributed by atoms with E-state index in [9.17, 15) is 14.0 Å². The molecule has 3 N–H and O–H groups in total. The van der Waals surface area contributed by atoms with E-state index < -0.39 is 11.4 Å². The highest BCUT2D eigenvalue weighted by molar-refractivity contribution is 6.36. The molecule has 0 aliphatic carbocycles. The summed E-state index contributed by atoms with van der Waals surface area (Å²) in [5.41, 5.74) is 8.21. The molecule has 1 fully saturated rings. The lowest BCUT2D eigenvalue weighted by atomic mass is 9.86. The number of halogens is 4. The van der Waals surface area contributed by atoms with Gasteiger partial charge in [0.15, 0.2) is 0 Å². The van der Waals surface area contributed by atoms with Gasteiger partial charge in [-0.25, -0.2) is 4.39 Å². The molecule has 0 spiro atoms. The normalized spacial score (nSPS) is 14.8. The highest BCUT2D eigenvalue weighted by Gasteiger charge is 2.41. The van der Waals surface area contributed by atoms with Crippen molar-refractivity contribution in [1.82, 2.24) is 14.8 Å². The molecule has 1 aliphatic heterocycles. The number of aromatic nitrogens is 1. The summed E-state index contributed by atoms with van der Waals surface area (Å²) in [7, 11) is 0. The van der Waals surface area contributed by atoms with Crippen LogP contribution in [0, 0.1) is 5.82 Å². The number of nitrogens with zero attached hydrogens (tertiary/aromatic N) is 2. The van der Waals surface area contributed by atoms with Crippen LogP contribution in [0.3, 0.4) is 0 Å². The summed E-state index contributed by atoms with van der Waals surface area (Å²) in [6, 6.07) is 20.4.